The van der Waals surface area contributed by atoms with E-state index in [1.807, 2.05) is 4.31 Å². The summed E-state index contributed by atoms with van der Waals surface area (Å²) < 4.78 is 1.96. The smallest absolute Gasteiger partial charge is 0.321 e. The maximum absolute atomic E-state index is 10.8. The minimum atomic E-state index is -0.704. The minimum Gasteiger partial charge on any atom is -0.480 e. The lowest BCUT2D eigenvalue weighted by molar-refractivity contribution is -0.142. The molecule has 1 rings (SSSR count). The molecule has 76 valence electrons. The molecule has 1 fully saturated rings. The number of aliphatic carboxylic acids is 1. The third-order valence-corrected chi connectivity index (χ3v) is 3.30. The fraction of sp³-hybridized carbons (Fsp3) is 0.875. The molecule has 1 saturated heterocycles. The standard InChI is InChI=1S/C8H16N2O2S/c9-4-6-13-10-5-2-1-3-7(10)8(11)12/h7H,1-6,9H2,(H,11,12). The Morgan fingerprint density at radius 3 is 3.00 bits per heavy atom. The van der Waals surface area contributed by atoms with Crippen molar-refractivity contribution in [3.63, 3.8) is 0 Å². The monoisotopic (exact) mass is 204 g/mol. The summed E-state index contributed by atoms with van der Waals surface area (Å²) in [5.41, 5.74) is 5.37. The van der Waals surface area contributed by atoms with Gasteiger partial charge in [-0.1, -0.05) is 11.9 Å². The topological polar surface area (TPSA) is 66.6 Å². The summed E-state index contributed by atoms with van der Waals surface area (Å²) in [5, 5.41) is 8.92. The van der Waals surface area contributed by atoms with Crippen LogP contribution in [0.4, 0.5) is 0 Å². The minimum absolute atomic E-state index is 0.301. The van der Waals surface area contributed by atoms with Crippen LogP contribution in [-0.4, -0.2) is 40.3 Å². The van der Waals surface area contributed by atoms with Crippen molar-refractivity contribution in [1.82, 2.24) is 4.31 Å². The van der Waals surface area contributed by atoms with Crippen molar-refractivity contribution < 1.29 is 9.90 Å². The van der Waals surface area contributed by atoms with E-state index in [-0.39, 0.29) is 6.04 Å². The van der Waals surface area contributed by atoms with Crippen molar-refractivity contribution in [3.8, 4) is 0 Å². The lowest BCUT2D eigenvalue weighted by Crippen LogP contribution is -2.40. The fourth-order valence-corrected chi connectivity index (χ4v) is 2.45. The van der Waals surface area contributed by atoms with Crippen LogP contribution < -0.4 is 5.73 Å². The van der Waals surface area contributed by atoms with Crippen LogP contribution in [0.25, 0.3) is 0 Å². The molecule has 0 spiro atoms. The van der Waals surface area contributed by atoms with Crippen LogP contribution in [0.1, 0.15) is 19.3 Å². The van der Waals surface area contributed by atoms with E-state index < -0.39 is 5.97 Å². The summed E-state index contributed by atoms with van der Waals surface area (Å²) in [7, 11) is 0. The molecule has 3 N–H and O–H groups in total. The van der Waals surface area contributed by atoms with Gasteiger partial charge in [0, 0.05) is 18.8 Å². The van der Waals surface area contributed by atoms with Crippen LogP contribution in [0.2, 0.25) is 0 Å². The van der Waals surface area contributed by atoms with Crippen LogP contribution >= 0.6 is 11.9 Å². The molecule has 0 saturated carbocycles. The predicted octanol–water partition coefficient (Wildman–Crippen LogP) is 0.532. The van der Waals surface area contributed by atoms with Gasteiger partial charge in [0.05, 0.1) is 0 Å². The summed E-state index contributed by atoms with van der Waals surface area (Å²) >= 11 is 1.56. The van der Waals surface area contributed by atoms with Crippen LogP contribution in [0.3, 0.4) is 0 Å². The Hall–Kier alpha value is -0.260. The summed E-state index contributed by atoms with van der Waals surface area (Å²) in [5.74, 6) is 0.105. The Morgan fingerprint density at radius 2 is 2.38 bits per heavy atom. The van der Waals surface area contributed by atoms with Crippen molar-refractivity contribution in [2.45, 2.75) is 25.3 Å². The van der Waals surface area contributed by atoms with Crippen molar-refractivity contribution >= 4 is 17.9 Å². The highest BCUT2D eigenvalue weighted by Crippen LogP contribution is 2.24. The van der Waals surface area contributed by atoms with Gasteiger partial charge in [0.1, 0.15) is 6.04 Å². The highest BCUT2D eigenvalue weighted by molar-refractivity contribution is 7.97. The van der Waals surface area contributed by atoms with Crippen molar-refractivity contribution in [3.05, 3.63) is 0 Å². The van der Waals surface area contributed by atoms with Crippen LogP contribution in [0.5, 0.6) is 0 Å². The second-order valence-electron chi connectivity index (χ2n) is 3.11. The SMILES string of the molecule is NCCSN1CCCCC1C(=O)O. The molecular weight excluding hydrogens is 188 g/mol. The van der Waals surface area contributed by atoms with E-state index in [0.717, 1.165) is 31.6 Å². The Kier molecular flexibility index (Phi) is 4.55. The molecular formula is C8H16N2O2S. The molecule has 13 heavy (non-hydrogen) atoms. The largest absolute Gasteiger partial charge is 0.480 e. The highest BCUT2D eigenvalue weighted by Gasteiger charge is 2.28. The Morgan fingerprint density at radius 1 is 1.62 bits per heavy atom. The number of nitrogens with two attached hydrogens (primary N) is 1. The second-order valence-corrected chi connectivity index (χ2v) is 4.25. The van der Waals surface area contributed by atoms with Crippen LogP contribution in [0, 0.1) is 0 Å². The first-order chi connectivity index (χ1) is 6.25. The van der Waals surface area contributed by atoms with E-state index in [1.165, 1.54) is 0 Å². The highest BCUT2D eigenvalue weighted by atomic mass is 32.2. The molecule has 1 aliphatic heterocycles. The molecule has 0 aromatic carbocycles. The van der Waals surface area contributed by atoms with Gasteiger partial charge in [-0.25, -0.2) is 4.31 Å². The van der Waals surface area contributed by atoms with Crippen LogP contribution in [-0.2, 0) is 4.79 Å². The number of hydrogen-bond donors (Lipinski definition) is 2. The fourth-order valence-electron chi connectivity index (χ4n) is 1.48. The van der Waals surface area contributed by atoms with E-state index in [9.17, 15) is 4.79 Å². The van der Waals surface area contributed by atoms with Crippen LogP contribution in [0.15, 0.2) is 0 Å². The number of carboxylic acids is 1. The average Bonchev–Trinajstić information content (AvgIpc) is 2.15. The normalized spacial score (nSPS) is 24.5. The van der Waals surface area contributed by atoms with Gasteiger partial charge in [-0.05, 0) is 19.3 Å². The average molecular weight is 204 g/mol. The summed E-state index contributed by atoms with van der Waals surface area (Å²) in [6.45, 7) is 1.48. The van der Waals surface area contributed by atoms with E-state index in [1.54, 1.807) is 11.9 Å². The van der Waals surface area contributed by atoms with Crippen molar-refractivity contribution in [1.29, 1.82) is 0 Å². The molecule has 0 aromatic heterocycles. The second kappa shape index (κ2) is 5.47. The van der Waals surface area contributed by atoms with Gasteiger partial charge in [0.15, 0.2) is 0 Å². The summed E-state index contributed by atoms with van der Waals surface area (Å²) in [6, 6.07) is -0.301. The first kappa shape index (κ1) is 10.8. The summed E-state index contributed by atoms with van der Waals surface area (Å²) in [4.78, 5) is 10.8. The molecule has 0 aromatic rings. The first-order valence-corrected chi connectivity index (χ1v) is 5.52. The Bertz CT molecular complexity index is 178. The van der Waals surface area contributed by atoms with Gasteiger partial charge in [0.25, 0.3) is 0 Å². The van der Waals surface area contributed by atoms with Gasteiger partial charge in [0.2, 0.25) is 0 Å². The zero-order valence-corrected chi connectivity index (χ0v) is 8.42. The molecule has 0 bridgehead atoms. The number of hydrogen-bond acceptors (Lipinski definition) is 4. The molecule has 1 atom stereocenters. The molecule has 0 radical (unpaired) electrons. The van der Waals surface area contributed by atoms with E-state index >= 15 is 0 Å². The molecule has 0 aliphatic carbocycles. The number of carbonyl (C=O) groups is 1. The van der Waals surface area contributed by atoms with Gasteiger partial charge in [-0.2, -0.15) is 0 Å². The zero-order valence-electron chi connectivity index (χ0n) is 7.61. The third-order valence-electron chi connectivity index (χ3n) is 2.11. The van der Waals surface area contributed by atoms with Gasteiger partial charge < -0.3 is 10.8 Å². The maximum Gasteiger partial charge on any atom is 0.321 e. The molecule has 0 amide bonds. The maximum atomic E-state index is 10.8. The lowest BCUT2D eigenvalue weighted by Gasteiger charge is -2.31. The van der Waals surface area contributed by atoms with Gasteiger partial charge in [-0.3, -0.25) is 4.79 Å². The van der Waals surface area contributed by atoms with E-state index in [2.05, 4.69) is 0 Å². The Balaban J connectivity index is 2.41. The number of nitrogens with zero attached hydrogens (tertiary/aromatic N) is 1. The first-order valence-electron chi connectivity index (χ1n) is 4.58. The van der Waals surface area contributed by atoms with Crippen molar-refractivity contribution in [2.24, 2.45) is 5.73 Å². The molecule has 1 unspecified atom stereocenters. The third kappa shape index (κ3) is 3.17. The molecule has 1 aliphatic rings. The summed E-state index contributed by atoms with van der Waals surface area (Å²) in [6.07, 6.45) is 2.89. The van der Waals surface area contributed by atoms with Crippen molar-refractivity contribution in [2.75, 3.05) is 18.8 Å². The van der Waals surface area contributed by atoms with E-state index in [0.29, 0.717) is 6.54 Å². The van der Waals surface area contributed by atoms with Gasteiger partial charge >= 0.3 is 5.97 Å². The zero-order chi connectivity index (χ0) is 9.68. The lowest BCUT2D eigenvalue weighted by atomic mass is 10.1. The van der Waals surface area contributed by atoms with Gasteiger partial charge in [-0.15, -0.1) is 0 Å². The number of carboxylic acid groups (broad SMARTS) is 1. The predicted molar refractivity (Wildman–Crippen MR) is 53.5 cm³/mol. The molecule has 4 nitrogen and oxygen atoms in total. The molecule has 5 heteroatoms. The Labute approximate surface area is 82.6 Å². The quantitative estimate of drug-likeness (QED) is 0.654. The van der Waals surface area contributed by atoms with E-state index in [4.69, 9.17) is 10.8 Å². The number of rotatable bonds is 4. The molecule has 1 heterocycles. The number of piperidine rings is 1.